The van der Waals surface area contributed by atoms with Crippen molar-refractivity contribution in [3.05, 3.63) is 17.0 Å². The van der Waals surface area contributed by atoms with Crippen LogP contribution in [-0.4, -0.2) is 70.7 Å². The summed E-state index contributed by atoms with van der Waals surface area (Å²) in [5.74, 6) is -0.351. The third-order valence-electron chi connectivity index (χ3n) is 3.99. The lowest BCUT2D eigenvalue weighted by Crippen LogP contribution is -2.43. The molecule has 0 saturated carbocycles. The highest BCUT2D eigenvalue weighted by Gasteiger charge is 2.32. The zero-order valence-electron chi connectivity index (χ0n) is 15.0. The molecule has 0 atom stereocenters. The van der Waals surface area contributed by atoms with E-state index in [9.17, 15) is 9.59 Å². The molecule has 0 aliphatic carbocycles. The van der Waals surface area contributed by atoms with Crippen LogP contribution in [0.15, 0.2) is 0 Å². The van der Waals surface area contributed by atoms with Gasteiger partial charge in [-0.15, -0.1) is 0 Å². The molecular weight excluding hydrogens is 328 g/mol. The molecule has 138 valence electrons. The number of rotatable bonds is 3. The summed E-state index contributed by atoms with van der Waals surface area (Å²) in [6, 6.07) is 0. The van der Waals surface area contributed by atoms with Crippen molar-refractivity contribution in [1.82, 2.24) is 20.2 Å². The smallest absolute Gasteiger partial charge is 0.410 e. The van der Waals surface area contributed by atoms with Crippen molar-refractivity contribution in [1.29, 1.82) is 0 Å². The summed E-state index contributed by atoms with van der Waals surface area (Å²) < 4.78 is 10.4. The van der Waals surface area contributed by atoms with Crippen LogP contribution in [-0.2, 0) is 27.3 Å². The van der Waals surface area contributed by atoms with Gasteiger partial charge in [-0.25, -0.2) is 9.86 Å². The largest absolute Gasteiger partial charge is 0.444 e. The molecule has 1 aromatic rings. The Morgan fingerprint density at radius 3 is 2.68 bits per heavy atom. The van der Waals surface area contributed by atoms with Gasteiger partial charge in [0.05, 0.1) is 19.8 Å². The Hall–Kier alpha value is -2.13. The summed E-state index contributed by atoms with van der Waals surface area (Å²) in [6.45, 7) is 7.22. The quantitative estimate of drug-likeness (QED) is 0.819. The first-order valence-corrected chi connectivity index (χ1v) is 8.31. The number of aromatic amines is 1. The second kappa shape index (κ2) is 6.64. The van der Waals surface area contributed by atoms with Gasteiger partial charge in [0, 0.05) is 31.3 Å². The van der Waals surface area contributed by atoms with Crippen LogP contribution in [0.3, 0.4) is 0 Å². The molecule has 0 bridgehead atoms. The molecule has 2 aliphatic heterocycles. The maximum atomic E-state index is 12.6. The molecule has 1 saturated heterocycles. The summed E-state index contributed by atoms with van der Waals surface area (Å²) in [5.41, 5.74) is 1.28. The van der Waals surface area contributed by atoms with Crippen molar-refractivity contribution in [2.45, 2.75) is 45.4 Å². The fourth-order valence-corrected chi connectivity index (χ4v) is 2.65. The summed E-state index contributed by atoms with van der Waals surface area (Å²) in [4.78, 5) is 32.0. The number of aromatic nitrogens is 2. The van der Waals surface area contributed by atoms with Gasteiger partial charge in [-0.2, -0.15) is 5.10 Å². The summed E-state index contributed by atoms with van der Waals surface area (Å²) >= 11 is 0. The summed E-state index contributed by atoms with van der Waals surface area (Å²) in [7, 11) is 1.55. The number of amides is 2. The van der Waals surface area contributed by atoms with Crippen LogP contribution < -0.4 is 0 Å². The van der Waals surface area contributed by atoms with Gasteiger partial charge < -0.3 is 14.4 Å². The van der Waals surface area contributed by atoms with Gasteiger partial charge in [-0.1, -0.05) is 0 Å². The van der Waals surface area contributed by atoms with E-state index in [-0.39, 0.29) is 24.2 Å². The lowest BCUT2D eigenvalue weighted by atomic mass is 10.1. The summed E-state index contributed by atoms with van der Waals surface area (Å²) in [5, 5.41) is 8.20. The molecule has 9 heteroatoms. The third kappa shape index (κ3) is 3.93. The minimum atomic E-state index is -0.564. The molecule has 2 aliphatic rings. The highest BCUT2D eigenvalue weighted by molar-refractivity contribution is 5.93. The lowest BCUT2D eigenvalue weighted by Gasteiger charge is -2.31. The standard InChI is InChI=1S/C16H24N4O5/c1-16(2,3)24-15(22)20-6-5-12-11(7-20)13(18-17-12)14(21)19(4)25-10-8-23-9-10/h10H,5-9H2,1-4H3,(H,17,18). The van der Waals surface area contributed by atoms with Crippen LogP contribution in [0.25, 0.3) is 0 Å². The Balaban J connectivity index is 1.70. The highest BCUT2D eigenvalue weighted by Crippen LogP contribution is 2.23. The van der Waals surface area contributed by atoms with Crippen LogP contribution in [0.1, 0.15) is 42.5 Å². The molecule has 3 heterocycles. The van der Waals surface area contributed by atoms with E-state index in [0.717, 1.165) is 5.69 Å². The second-order valence-corrected chi connectivity index (χ2v) is 7.25. The highest BCUT2D eigenvalue weighted by atomic mass is 16.7. The van der Waals surface area contributed by atoms with E-state index in [2.05, 4.69) is 10.2 Å². The topological polar surface area (TPSA) is 97.0 Å². The molecule has 0 spiro atoms. The molecule has 1 aromatic heterocycles. The molecule has 9 nitrogen and oxygen atoms in total. The predicted molar refractivity (Wildman–Crippen MR) is 86.7 cm³/mol. The van der Waals surface area contributed by atoms with Gasteiger partial charge in [-0.3, -0.25) is 14.7 Å². The van der Waals surface area contributed by atoms with Crippen molar-refractivity contribution in [3.63, 3.8) is 0 Å². The van der Waals surface area contributed by atoms with Gasteiger partial charge in [0.25, 0.3) is 5.91 Å². The number of hydrogen-bond donors (Lipinski definition) is 1. The minimum Gasteiger partial charge on any atom is -0.444 e. The Morgan fingerprint density at radius 1 is 1.36 bits per heavy atom. The van der Waals surface area contributed by atoms with E-state index in [1.165, 1.54) is 5.06 Å². The normalized spacial score (nSPS) is 17.7. The van der Waals surface area contributed by atoms with Crippen molar-refractivity contribution < 1.29 is 23.9 Å². The number of hydrogen-bond acceptors (Lipinski definition) is 6. The number of nitrogens with one attached hydrogen (secondary N) is 1. The molecular formula is C16H24N4O5. The molecule has 1 fully saturated rings. The van der Waals surface area contributed by atoms with E-state index >= 15 is 0 Å². The van der Waals surface area contributed by atoms with Crippen LogP contribution >= 0.6 is 0 Å². The number of ether oxygens (including phenoxy) is 2. The molecule has 1 N–H and O–H groups in total. The Kier molecular flexibility index (Phi) is 4.70. The van der Waals surface area contributed by atoms with Gasteiger partial charge in [0.2, 0.25) is 0 Å². The average Bonchev–Trinajstić information content (AvgIpc) is 2.91. The first kappa shape index (κ1) is 17.7. The van der Waals surface area contributed by atoms with E-state index in [1.807, 2.05) is 20.8 Å². The summed E-state index contributed by atoms with van der Waals surface area (Å²) in [6.07, 6.45) is 0.0894. The number of carbonyl (C=O) groups excluding carboxylic acids is 2. The van der Waals surface area contributed by atoms with Crippen LogP contribution in [0.2, 0.25) is 0 Å². The van der Waals surface area contributed by atoms with Crippen molar-refractivity contribution in [3.8, 4) is 0 Å². The molecule has 25 heavy (non-hydrogen) atoms. The fraction of sp³-hybridized carbons (Fsp3) is 0.688. The number of carbonyl (C=O) groups is 2. The van der Waals surface area contributed by atoms with E-state index < -0.39 is 11.7 Å². The first-order valence-electron chi connectivity index (χ1n) is 8.31. The van der Waals surface area contributed by atoms with Crippen molar-refractivity contribution >= 4 is 12.0 Å². The fourth-order valence-electron chi connectivity index (χ4n) is 2.65. The van der Waals surface area contributed by atoms with E-state index in [4.69, 9.17) is 14.3 Å². The predicted octanol–water partition coefficient (Wildman–Crippen LogP) is 1.11. The Bertz CT molecular complexity index is 662. The van der Waals surface area contributed by atoms with Crippen LogP contribution in [0, 0.1) is 0 Å². The van der Waals surface area contributed by atoms with Crippen molar-refractivity contribution in [2.75, 3.05) is 26.8 Å². The third-order valence-corrected chi connectivity index (χ3v) is 3.99. The van der Waals surface area contributed by atoms with Crippen LogP contribution in [0.4, 0.5) is 4.79 Å². The Labute approximate surface area is 146 Å². The van der Waals surface area contributed by atoms with Gasteiger partial charge in [-0.05, 0) is 20.8 Å². The second-order valence-electron chi connectivity index (χ2n) is 7.25. The minimum absolute atomic E-state index is 0.109. The zero-order valence-corrected chi connectivity index (χ0v) is 15.0. The van der Waals surface area contributed by atoms with E-state index in [1.54, 1.807) is 11.9 Å². The number of hydroxylamine groups is 2. The van der Waals surface area contributed by atoms with Gasteiger partial charge in [0.15, 0.2) is 5.69 Å². The molecule has 0 unspecified atom stereocenters. The SMILES string of the molecule is CN(OC1COC1)C(=O)c1n[nH]c2c1CN(C(=O)OC(C)(C)C)CC2. The first-order chi connectivity index (χ1) is 11.7. The molecule has 0 aromatic carbocycles. The van der Waals surface area contributed by atoms with Crippen molar-refractivity contribution in [2.24, 2.45) is 0 Å². The number of nitrogens with zero attached hydrogens (tertiary/aromatic N) is 3. The molecule has 2 amide bonds. The lowest BCUT2D eigenvalue weighted by molar-refractivity contribution is -0.226. The van der Waals surface area contributed by atoms with Crippen LogP contribution in [0.5, 0.6) is 0 Å². The maximum Gasteiger partial charge on any atom is 0.410 e. The number of fused-ring (bicyclic) bond motifs is 1. The molecule has 0 radical (unpaired) electrons. The molecule has 3 rings (SSSR count). The van der Waals surface area contributed by atoms with Gasteiger partial charge >= 0.3 is 6.09 Å². The number of H-pyrrole nitrogens is 1. The zero-order chi connectivity index (χ0) is 18.2. The maximum absolute atomic E-state index is 12.6. The monoisotopic (exact) mass is 352 g/mol. The average molecular weight is 352 g/mol. The Morgan fingerprint density at radius 2 is 2.08 bits per heavy atom. The van der Waals surface area contributed by atoms with E-state index in [0.29, 0.717) is 31.7 Å². The van der Waals surface area contributed by atoms with Gasteiger partial charge in [0.1, 0.15) is 11.7 Å².